The molecule has 4 aromatic rings. The smallest absolute Gasteiger partial charge is 0.317 e. The average Bonchev–Trinajstić information content (AvgIpc) is 3.81. The number of esters is 1. The van der Waals surface area contributed by atoms with Crippen molar-refractivity contribution < 1.29 is 68.3 Å². The van der Waals surface area contributed by atoms with Crippen LogP contribution in [0.1, 0.15) is 35.1 Å². The molecule has 3 aliphatic rings. The number of hydrogen-bond donors (Lipinski definition) is 8. The van der Waals surface area contributed by atoms with Crippen molar-refractivity contribution in [3.8, 4) is 28.7 Å². The molecular formula is C34H38N4O14. The normalized spacial score (nSPS) is 25.3. The van der Waals surface area contributed by atoms with Gasteiger partial charge in [-0.1, -0.05) is 6.07 Å². The van der Waals surface area contributed by atoms with Crippen LogP contribution < -0.4 is 35.2 Å². The highest BCUT2D eigenvalue weighted by Gasteiger charge is 2.50. The number of carboxylic acids is 1. The van der Waals surface area contributed by atoms with Crippen LogP contribution in [0.25, 0.3) is 10.9 Å². The first-order valence-corrected chi connectivity index (χ1v) is 16.3. The number of aromatic amines is 1. The van der Waals surface area contributed by atoms with Crippen LogP contribution in [0.2, 0.25) is 0 Å². The minimum atomic E-state index is -1.87. The number of fused-ring (bicyclic) bond motifs is 6. The van der Waals surface area contributed by atoms with Crippen molar-refractivity contribution in [1.82, 2.24) is 9.55 Å². The molecule has 8 atom stereocenters. The SMILES string of the molecule is COc1c(OCO)ccc2c1OC1c3c(Cn4cc5cc[nH]c5c4)cc(OC4OC(C(OC(=O)CC(=O)O)C(N)N)C(O)C(O)C4O)cc3OCC21. The molecule has 3 aliphatic heterocycles. The van der Waals surface area contributed by atoms with Crippen LogP contribution in [0, 0.1) is 0 Å². The number of aliphatic hydroxyl groups is 4. The summed E-state index contributed by atoms with van der Waals surface area (Å²) in [5, 5.41) is 51.9. The molecule has 2 aromatic carbocycles. The predicted molar refractivity (Wildman–Crippen MR) is 176 cm³/mol. The fourth-order valence-electron chi connectivity index (χ4n) is 6.98. The van der Waals surface area contributed by atoms with E-state index < -0.39 is 74.2 Å². The minimum Gasteiger partial charge on any atom is -0.492 e. The first-order valence-electron chi connectivity index (χ1n) is 16.3. The zero-order chi connectivity index (χ0) is 36.8. The largest absolute Gasteiger partial charge is 0.492 e. The van der Waals surface area contributed by atoms with Gasteiger partial charge in [0.25, 0.3) is 0 Å². The highest BCUT2D eigenvalue weighted by atomic mass is 16.7. The first-order chi connectivity index (χ1) is 25.0. The van der Waals surface area contributed by atoms with Gasteiger partial charge >= 0.3 is 11.9 Å². The summed E-state index contributed by atoms with van der Waals surface area (Å²) < 4.78 is 42.9. The number of nitrogens with two attached hydrogens (primary N) is 2. The molecule has 0 aliphatic carbocycles. The zero-order valence-electron chi connectivity index (χ0n) is 27.7. The molecule has 18 nitrogen and oxygen atoms in total. The Balaban J connectivity index is 1.23. The monoisotopic (exact) mass is 726 g/mol. The summed E-state index contributed by atoms with van der Waals surface area (Å²) in [7, 11) is 1.48. The number of nitrogens with one attached hydrogen (secondary N) is 1. The number of aliphatic carboxylic acids is 1. The summed E-state index contributed by atoms with van der Waals surface area (Å²) in [4.78, 5) is 26.4. The number of nitrogens with zero attached hydrogens (tertiary/aromatic N) is 1. The van der Waals surface area contributed by atoms with Gasteiger partial charge in [0.1, 0.15) is 48.4 Å². The molecule has 278 valence electrons. The molecule has 0 saturated carbocycles. The third-order valence-electron chi connectivity index (χ3n) is 9.34. The van der Waals surface area contributed by atoms with Gasteiger partial charge in [-0.25, -0.2) is 0 Å². The molecule has 0 radical (unpaired) electrons. The number of aliphatic hydroxyl groups excluding tert-OH is 4. The first kappa shape index (κ1) is 35.3. The van der Waals surface area contributed by atoms with E-state index in [0.717, 1.165) is 16.5 Å². The van der Waals surface area contributed by atoms with Gasteiger partial charge in [-0.3, -0.25) is 9.59 Å². The fourth-order valence-corrected chi connectivity index (χ4v) is 6.98. The van der Waals surface area contributed by atoms with Crippen LogP contribution >= 0.6 is 0 Å². The Labute approximate surface area is 294 Å². The van der Waals surface area contributed by atoms with E-state index in [0.29, 0.717) is 40.7 Å². The number of carbonyl (C=O) groups excluding carboxylic acids is 1. The Morgan fingerprint density at radius 3 is 2.62 bits per heavy atom. The standard InChI is InChI=1S/C34H38N4O14/c1-46-30-20(48-13-39)3-2-17-18-12-47-21-7-16(6-15(24(21)28(18)51-29(17)30)10-38-9-14-4-5-37-19(14)11-38)49-34-27(45)25(43)26(44)31(52-34)32(33(35)36)50-23(42)8-22(40)41/h2-7,9,11,18,25-28,31-34,37,39,43-45H,8,10,12-13,35-36H2,1H3,(H,40,41). The summed E-state index contributed by atoms with van der Waals surface area (Å²) in [6.07, 6.45) is -7.77. The molecule has 1 fully saturated rings. The summed E-state index contributed by atoms with van der Waals surface area (Å²) in [6.45, 7) is -0.0414. The molecular weight excluding hydrogens is 688 g/mol. The molecule has 7 rings (SSSR count). The maximum Gasteiger partial charge on any atom is 0.317 e. The van der Waals surface area contributed by atoms with Crippen LogP contribution in [-0.2, 0) is 25.6 Å². The number of aromatic nitrogens is 2. The van der Waals surface area contributed by atoms with Crippen molar-refractivity contribution in [2.45, 2.75) is 68.0 Å². The molecule has 0 amide bonds. The fraction of sp³-hybridized carbons (Fsp3) is 0.412. The summed E-state index contributed by atoms with van der Waals surface area (Å²) in [5.41, 5.74) is 14.8. The van der Waals surface area contributed by atoms with Crippen molar-refractivity contribution in [2.24, 2.45) is 11.5 Å². The van der Waals surface area contributed by atoms with Crippen molar-refractivity contribution in [3.63, 3.8) is 0 Å². The van der Waals surface area contributed by atoms with E-state index in [-0.39, 0.29) is 18.3 Å². The molecule has 52 heavy (non-hydrogen) atoms. The van der Waals surface area contributed by atoms with Crippen molar-refractivity contribution in [3.05, 3.63) is 65.6 Å². The van der Waals surface area contributed by atoms with Gasteiger partial charge in [-0.15, -0.1) is 0 Å². The summed E-state index contributed by atoms with van der Waals surface area (Å²) in [6, 6.07) is 8.74. The van der Waals surface area contributed by atoms with Gasteiger partial charge in [0, 0.05) is 47.7 Å². The number of carbonyl (C=O) groups is 2. The number of carboxylic acid groups (broad SMARTS) is 1. The molecule has 2 aromatic heterocycles. The molecule has 8 unspecified atom stereocenters. The van der Waals surface area contributed by atoms with E-state index in [9.17, 15) is 30.0 Å². The summed E-state index contributed by atoms with van der Waals surface area (Å²) in [5.74, 6) is -1.31. The molecule has 1 saturated heterocycles. The van der Waals surface area contributed by atoms with Gasteiger partial charge < -0.3 is 79.7 Å². The van der Waals surface area contributed by atoms with E-state index in [2.05, 4.69) is 4.98 Å². The van der Waals surface area contributed by atoms with E-state index in [1.54, 1.807) is 18.2 Å². The van der Waals surface area contributed by atoms with Crippen LogP contribution in [0.4, 0.5) is 0 Å². The van der Waals surface area contributed by atoms with E-state index in [1.807, 2.05) is 35.3 Å². The number of ether oxygens (including phenoxy) is 7. The zero-order valence-corrected chi connectivity index (χ0v) is 27.7. The van der Waals surface area contributed by atoms with Crippen molar-refractivity contribution >= 4 is 22.8 Å². The lowest BCUT2D eigenvalue weighted by atomic mass is 9.86. The van der Waals surface area contributed by atoms with E-state index in [4.69, 9.17) is 49.7 Å². The van der Waals surface area contributed by atoms with Crippen LogP contribution in [0.3, 0.4) is 0 Å². The maximum absolute atomic E-state index is 12.2. The van der Waals surface area contributed by atoms with Gasteiger partial charge in [-0.05, 0) is 23.8 Å². The number of rotatable bonds is 12. The number of H-pyrrole nitrogens is 1. The van der Waals surface area contributed by atoms with Crippen LogP contribution in [0.15, 0.2) is 48.9 Å². The van der Waals surface area contributed by atoms with Gasteiger partial charge in [0.05, 0.1) is 31.3 Å². The molecule has 18 heteroatoms. The van der Waals surface area contributed by atoms with Crippen LogP contribution in [-0.4, -0.2) is 111 Å². The van der Waals surface area contributed by atoms with E-state index >= 15 is 0 Å². The van der Waals surface area contributed by atoms with Gasteiger partial charge in [-0.2, -0.15) is 0 Å². The number of hydrogen-bond acceptors (Lipinski definition) is 15. The third kappa shape index (κ3) is 6.45. The number of benzene rings is 2. The second kappa shape index (κ2) is 14.2. The average molecular weight is 727 g/mol. The predicted octanol–water partition coefficient (Wildman–Crippen LogP) is -0.219. The topological polar surface area (TPSA) is 273 Å². The Morgan fingerprint density at radius 1 is 1.10 bits per heavy atom. The van der Waals surface area contributed by atoms with Gasteiger partial charge in [0.15, 0.2) is 24.4 Å². The number of methoxy groups -OCH3 is 1. The molecule has 0 spiro atoms. The second-order valence-electron chi connectivity index (χ2n) is 12.7. The van der Waals surface area contributed by atoms with E-state index in [1.165, 1.54) is 7.11 Å². The highest BCUT2D eigenvalue weighted by Crippen LogP contribution is 2.57. The highest BCUT2D eigenvalue weighted by molar-refractivity contribution is 5.90. The lowest BCUT2D eigenvalue weighted by molar-refractivity contribution is -0.291. The molecule has 10 N–H and O–H groups in total. The van der Waals surface area contributed by atoms with Gasteiger partial charge in [0.2, 0.25) is 12.0 Å². The maximum atomic E-state index is 12.2. The van der Waals surface area contributed by atoms with Crippen molar-refractivity contribution in [1.29, 1.82) is 0 Å². The third-order valence-corrected chi connectivity index (χ3v) is 9.34. The Kier molecular flexibility index (Phi) is 9.61. The lowest BCUT2D eigenvalue weighted by Gasteiger charge is -2.43. The Hall–Kier alpha value is -5.08. The lowest BCUT2D eigenvalue weighted by Crippen LogP contribution is -2.66. The summed E-state index contributed by atoms with van der Waals surface area (Å²) >= 11 is 0. The molecule has 5 heterocycles. The Morgan fingerprint density at radius 2 is 1.90 bits per heavy atom. The Bertz CT molecular complexity index is 1930. The second-order valence-corrected chi connectivity index (χ2v) is 12.7. The quantitative estimate of drug-likeness (QED) is 0.0532. The minimum absolute atomic E-state index is 0.138. The van der Waals surface area contributed by atoms with Crippen LogP contribution in [0.5, 0.6) is 28.7 Å². The molecule has 0 bridgehead atoms. The van der Waals surface area contributed by atoms with Crippen molar-refractivity contribution in [2.75, 3.05) is 20.5 Å².